The number of rotatable bonds is 5. The zero-order chi connectivity index (χ0) is 16.2. The molecule has 0 radical (unpaired) electrons. The van der Waals surface area contributed by atoms with Crippen LogP contribution in [0, 0.1) is 13.8 Å². The molecule has 0 N–H and O–H groups in total. The zero-order valence-corrected chi connectivity index (χ0v) is 15.2. The largest absolute Gasteiger partial charge is 0.379 e. The van der Waals surface area contributed by atoms with Crippen molar-refractivity contribution in [2.75, 3.05) is 38.6 Å². The summed E-state index contributed by atoms with van der Waals surface area (Å²) in [5.41, 5.74) is 5.12. The maximum Gasteiger partial charge on any atom is 0.1000 e. The summed E-state index contributed by atoms with van der Waals surface area (Å²) in [5, 5.41) is 2.52. The van der Waals surface area contributed by atoms with E-state index in [1.165, 1.54) is 27.1 Å². The Morgan fingerprint density at radius 1 is 1.17 bits per heavy atom. The Bertz CT molecular complexity index is 681. The lowest BCUT2D eigenvalue weighted by Crippen LogP contribution is -2.37. The number of morpholine rings is 1. The predicted octanol–water partition coefficient (Wildman–Crippen LogP) is 3.84. The molecule has 2 aromatic rings. The number of benzene rings is 1. The van der Waals surface area contributed by atoms with Gasteiger partial charge in [-0.2, -0.15) is 0 Å². The minimum Gasteiger partial charge on any atom is -0.379 e. The van der Waals surface area contributed by atoms with Gasteiger partial charge in [0.2, 0.25) is 0 Å². The number of thioether (sulfide) groups is 1. The molecule has 0 bridgehead atoms. The Hall–Kier alpha value is -1.10. The number of fused-ring (bicyclic) bond motifs is 1. The summed E-state index contributed by atoms with van der Waals surface area (Å²) in [6.45, 7) is 11.5. The molecule has 1 aromatic carbocycles. The standard InChI is InChI=1S/C19H26N2OS/c1-4-16-13-17-14(2)5-6-15(3)18(17)20-19(16)23-12-9-21-7-10-22-11-8-21/h5-6,13H,4,7-12H2,1-3H3. The van der Waals surface area contributed by atoms with E-state index in [4.69, 9.17) is 9.72 Å². The SMILES string of the molecule is CCc1cc2c(C)ccc(C)c2nc1SCCN1CCOCC1. The van der Waals surface area contributed by atoms with Gasteiger partial charge in [-0.3, -0.25) is 4.90 Å². The highest BCUT2D eigenvalue weighted by molar-refractivity contribution is 7.99. The van der Waals surface area contributed by atoms with Crippen LogP contribution in [0.4, 0.5) is 0 Å². The Labute approximate surface area is 143 Å². The van der Waals surface area contributed by atoms with Crippen LogP contribution in [0.5, 0.6) is 0 Å². The van der Waals surface area contributed by atoms with Crippen molar-refractivity contribution in [3.8, 4) is 0 Å². The number of hydrogen-bond acceptors (Lipinski definition) is 4. The summed E-state index contributed by atoms with van der Waals surface area (Å²) < 4.78 is 5.41. The van der Waals surface area contributed by atoms with Crippen molar-refractivity contribution in [3.05, 3.63) is 34.9 Å². The molecule has 124 valence electrons. The molecule has 1 fully saturated rings. The van der Waals surface area contributed by atoms with Gasteiger partial charge in [-0.25, -0.2) is 4.98 Å². The monoisotopic (exact) mass is 330 g/mol. The van der Waals surface area contributed by atoms with E-state index in [9.17, 15) is 0 Å². The molecule has 0 aliphatic carbocycles. The molecule has 1 aliphatic heterocycles. The molecule has 4 heteroatoms. The lowest BCUT2D eigenvalue weighted by Gasteiger charge is -2.26. The molecule has 0 unspecified atom stereocenters. The van der Waals surface area contributed by atoms with Crippen molar-refractivity contribution in [2.45, 2.75) is 32.2 Å². The number of aryl methyl sites for hydroxylation is 3. The van der Waals surface area contributed by atoms with Crippen LogP contribution < -0.4 is 0 Å². The first-order chi connectivity index (χ1) is 11.2. The number of aromatic nitrogens is 1. The van der Waals surface area contributed by atoms with Gasteiger partial charge in [-0.05, 0) is 43.0 Å². The molecular weight excluding hydrogens is 304 g/mol. The van der Waals surface area contributed by atoms with Crippen molar-refractivity contribution >= 4 is 22.7 Å². The van der Waals surface area contributed by atoms with Gasteiger partial charge in [-0.15, -0.1) is 11.8 Å². The van der Waals surface area contributed by atoms with Gasteiger partial charge in [0.15, 0.2) is 0 Å². The molecule has 0 atom stereocenters. The summed E-state index contributed by atoms with van der Waals surface area (Å²) in [7, 11) is 0. The second-order valence-corrected chi connectivity index (χ2v) is 7.29. The molecule has 2 heterocycles. The highest BCUT2D eigenvalue weighted by atomic mass is 32.2. The van der Waals surface area contributed by atoms with Crippen LogP contribution in [0.15, 0.2) is 23.2 Å². The van der Waals surface area contributed by atoms with Gasteiger partial charge >= 0.3 is 0 Å². The maximum atomic E-state index is 5.41. The topological polar surface area (TPSA) is 25.4 Å². The third kappa shape index (κ3) is 3.87. The molecule has 0 spiro atoms. The Kier molecular flexibility index (Phi) is 5.57. The third-order valence-corrected chi connectivity index (χ3v) is 5.59. The van der Waals surface area contributed by atoms with Crippen LogP contribution >= 0.6 is 11.8 Å². The van der Waals surface area contributed by atoms with Crippen LogP contribution in [0.25, 0.3) is 10.9 Å². The summed E-state index contributed by atoms with van der Waals surface area (Å²) in [6.07, 6.45) is 1.04. The smallest absolute Gasteiger partial charge is 0.1000 e. The third-order valence-electron chi connectivity index (χ3n) is 4.57. The van der Waals surface area contributed by atoms with Gasteiger partial charge in [-0.1, -0.05) is 19.1 Å². The predicted molar refractivity (Wildman–Crippen MR) is 98.6 cm³/mol. The average molecular weight is 330 g/mol. The summed E-state index contributed by atoms with van der Waals surface area (Å²) >= 11 is 1.90. The van der Waals surface area contributed by atoms with Gasteiger partial charge < -0.3 is 4.74 Å². The number of nitrogens with zero attached hydrogens (tertiary/aromatic N) is 2. The summed E-state index contributed by atoms with van der Waals surface area (Å²) in [6, 6.07) is 6.73. The molecular formula is C19H26N2OS. The molecule has 0 saturated carbocycles. The van der Waals surface area contributed by atoms with E-state index in [-0.39, 0.29) is 0 Å². The van der Waals surface area contributed by atoms with E-state index in [2.05, 4.69) is 43.9 Å². The first-order valence-corrected chi connectivity index (χ1v) is 9.50. The minimum absolute atomic E-state index is 0.873. The molecule has 3 nitrogen and oxygen atoms in total. The van der Waals surface area contributed by atoms with Crippen molar-refractivity contribution in [2.24, 2.45) is 0 Å². The number of hydrogen-bond donors (Lipinski definition) is 0. The highest BCUT2D eigenvalue weighted by Gasteiger charge is 2.12. The second-order valence-electron chi connectivity index (χ2n) is 6.20. The molecule has 0 amide bonds. The van der Waals surface area contributed by atoms with Crippen LogP contribution in [0.1, 0.15) is 23.6 Å². The van der Waals surface area contributed by atoms with Crippen molar-refractivity contribution in [1.29, 1.82) is 0 Å². The van der Waals surface area contributed by atoms with Crippen LogP contribution in [-0.4, -0.2) is 48.5 Å². The first kappa shape index (κ1) is 16.7. The van der Waals surface area contributed by atoms with E-state index >= 15 is 0 Å². The number of pyridine rings is 1. The summed E-state index contributed by atoms with van der Waals surface area (Å²) in [4.78, 5) is 7.49. The van der Waals surface area contributed by atoms with Gasteiger partial charge in [0, 0.05) is 30.8 Å². The Morgan fingerprint density at radius 3 is 2.65 bits per heavy atom. The molecule has 1 saturated heterocycles. The fraction of sp³-hybridized carbons (Fsp3) is 0.526. The highest BCUT2D eigenvalue weighted by Crippen LogP contribution is 2.28. The zero-order valence-electron chi connectivity index (χ0n) is 14.4. The fourth-order valence-corrected chi connectivity index (χ4v) is 4.12. The quantitative estimate of drug-likeness (QED) is 0.778. The lowest BCUT2D eigenvalue weighted by atomic mass is 10.0. The average Bonchev–Trinajstić information content (AvgIpc) is 2.59. The molecule has 3 rings (SSSR count). The first-order valence-electron chi connectivity index (χ1n) is 8.51. The molecule has 23 heavy (non-hydrogen) atoms. The van der Waals surface area contributed by atoms with Crippen LogP contribution in [0.3, 0.4) is 0 Å². The van der Waals surface area contributed by atoms with E-state index in [1.807, 2.05) is 11.8 Å². The van der Waals surface area contributed by atoms with Gasteiger partial charge in [0.1, 0.15) is 0 Å². The van der Waals surface area contributed by atoms with E-state index in [0.29, 0.717) is 0 Å². The lowest BCUT2D eigenvalue weighted by molar-refractivity contribution is 0.0410. The molecule has 1 aliphatic rings. The van der Waals surface area contributed by atoms with Crippen LogP contribution in [-0.2, 0) is 11.2 Å². The second kappa shape index (κ2) is 7.65. The van der Waals surface area contributed by atoms with Crippen molar-refractivity contribution in [1.82, 2.24) is 9.88 Å². The molecule has 1 aromatic heterocycles. The van der Waals surface area contributed by atoms with E-state index in [1.54, 1.807) is 0 Å². The van der Waals surface area contributed by atoms with Crippen molar-refractivity contribution < 1.29 is 4.74 Å². The minimum atomic E-state index is 0.873. The Morgan fingerprint density at radius 2 is 1.91 bits per heavy atom. The van der Waals surface area contributed by atoms with Gasteiger partial charge in [0.25, 0.3) is 0 Å². The fourth-order valence-electron chi connectivity index (χ4n) is 3.03. The number of ether oxygens (including phenoxy) is 1. The van der Waals surface area contributed by atoms with E-state index in [0.717, 1.165) is 50.5 Å². The Balaban J connectivity index is 1.77. The van der Waals surface area contributed by atoms with E-state index < -0.39 is 0 Å². The van der Waals surface area contributed by atoms with Gasteiger partial charge in [0.05, 0.1) is 23.8 Å². The van der Waals surface area contributed by atoms with Crippen LogP contribution in [0.2, 0.25) is 0 Å². The summed E-state index contributed by atoms with van der Waals surface area (Å²) in [5.74, 6) is 1.09. The normalized spacial score (nSPS) is 16.1. The maximum absolute atomic E-state index is 5.41. The van der Waals surface area contributed by atoms with Crippen molar-refractivity contribution in [3.63, 3.8) is 0 Å².